The summed E-state index contributed by atoms with van der Waals surface area (Å²) in [5, 5.41) is 22.1. The number of fused-ring (bicyclic) bond motifs is 1. The van der Waals surface area contributed by atoms with Gasteiger partial charge < -0.3 is 20.3 Å². The number of benzene rings is 2. The molecule has 0 radical (unpaired) electrons. The van der Waals surface area contributed by atoms with Gasteiger partial charge in [0.1, 0.15) is 23.9 Å². The fourth-order valence-corrected chi connectivity index (χ4v) is 2.54. The van der Waals surface area contributed by atoms with E-state index in [2.05, 4.69) is 10.3 Å². The normalized spacial score (nSPS) is 10.6. The predicted octanol–water partition coefficient (Wildman–Crippen LogP) is 2.99. The van der Waals surface area contributed by atoms with Crippen molar-refractivity contribution in [3.8, 4) is 17.2 Å². The molecule has 0 bridgehead atoms. The van der Waals surface area contributed by atoms with Crippen LogP contribution in [0.15, 0.2) is 42.5 Å². The van der Waals surface area contributed by atoms with E-state index in [1.165, 1.54) is 24.3 Å². The van der Waals surface area contributed by atoms with Gasteiger partial charge in [0.15, 0.2) is 11.4 Å². The molecule has 1 heterocycles. The van der Waals surface area contributed by atoms with Gasteiger partial charge in [-0.1, -0.05) is 0 Å². The Hall–Kier alpha value is -3.68. The van der Waals surface area contributed by atoms with Gasteiger partial charge in [-0.3, -0.25) is 9.59 Å². The minimum absolute atomic E-state index is 0.256. The number of rotatable bonds is 5. The van der Waals surface area contributed by atoms with Crippen LogP contribution in [0.1, 0.15) is 16.2 Å². The van der Waals surface area contributed by atoms with Crippen LogP contribution in [-0.2, 0) is 4.79 Å². The third-order valence-electron chi connectivity index (χ3n) is 3.80. The van der Waals surface area contributed by atoms with Crippen LogP contribution in [-0.4, -0.2) is 33.6 Å². The zero-order valence-corrected chi connectivity index (χ0v) is 14.2. The summed E-state index contributed by atoms with van der Waals surface area (Å²) in [5.41, 5.74) is 0.196. The number of carbonyl (C=O) groups is 2. The minimum atomic E-state index is -1.21. The van der Waals surface area contributed by atoms with Gasteiger partial charge in [-0.05, 0) is 49.4 Å². The van der Waals surface area contributed by atoms with E-state index in [1.54, 1.807) is 25.1 Å². The minimum Gasteiger partial charge on any atom is -0.505 e. The first-order valence-corrected chi connectivity index (χ1v) is 7.92. The van der Waals surface area contributed by atoms with Crippen molar-refractivity contribution < 1.29 is 28.9 Å². The van der Waals surface area contributed by atoms with Crippen LogP contribution < -0.4 is 10.1 Å². The van der Waals surface area contributed by atoms with Gasteiger partial charge in [-0.15, -0.1) is 0 Å². The SMILES string of the molecule is Cc1nc(C(=O)NCC(=O)O)c(O)c2ccc(Oc3ccc(F)cc3)cc12. The van der Waals surface area contributed by atoms with Gasteiger partial charge in [-0.2, -0.15) is 0 Å². The standard InChI is InChI=1S/C19H15FN2O5/c1-10-15-8-13(27-12-4-2-11(20)3-5-12)6-7-14(15)18(25)17(22-10)19(26)21-9-16(23)24/h2-8,25H,9H2,1H3,(H,21,26)(H,23,24). The van der Waals surface area contributed by atoms with Crippen molar-refractivity contribution in [2.75, 3.05) is 6.54 Å². The molecule has 2 aromatic carbocycles. The number of carboxylic acids is 1. The molecule has 0 aliphatic rings. The van der Waals surface area contributed by atoms with Crippen molar-refractivity contribution in [2.45, 2.75) is 6.92 Å². The highest BCUT2D eigenvalue weighted by Gasteiger charge is 2.18. The van der Waals surface area contributed by atoms with E-state index in [9.17, 15) is 19.1 Å². The summed E-state index contributed by atoms with van der Waals surface area (Å²) < 4.78 is 18.6. The monoisotopic (exact) mass is 370 g/mol. The smallest absolute Gasteiger partial charge is 0.322 e. The number of carbonyl (C=O) groups excluding carboxylic acids is 1. The van der Waals surface area contributed by atoms with E-state index in [1.807, 2.05) is 0 Å². The molecule has 1 aromatic heterocycles. The highest BCUT2D eigenvalue weighted by Crippen LogP contribution is 2.33. The van der Waals surface area contributed by atoms with Crippen molar-refractivity contribution in [3.05, 3.63) is 59.7 Å². The zero-order valence-electron chi connectivity index (χ0n) is 14.2. The van der Waals surface area contributed by atoms with Crippen molar-refractivity contribution in [1.29, 1.82) is 0 Å². The number of aliphatic carboxylic acids is 1. The summed E-state index contributed by atoms with van der Waals surface area (Å²) in [6.45, 7) is 1.07. The number of pyridine rings is 1. The molecule has 3 aromatic rings. The second-order valence-corrected chi connectivity index (χ2v) is 5.73. The molecule has 7 nitrogen and oxygen atoms in total. The van der Waals surface area contributed by atoms with Crippen LogP contribution in [0.5, 0.6) is 17.2 Å². The second kappa shape index (κ2) is 7.28. The summed E-state index contributed by atoms with van der Waals surface area (Å²) in [7, 11) is 0. The second-order valence-electron chi connectivity index (χ2n) is 5.73. The molecule has 0 atom stereocenters. The Balaban J connectivity index is 1.94. The fraction of sp³-hybridized carbons (Fsp3) is 0.105. The molecule has 138 valence electrons. The Bertz CT molecular complexity index is 1030. The number of ether oxygens (including phenoxy) is 1. The number of hydrogen-bond donors (Lipinski definition) is 3. The largest absolute Gasteiger partial charge is 0.505 e. The summed E-state index contributed by atoms with van der Waals surface area (Å²) in [4.78, 5) is 26.7. The molecule has 0 spiro atoms. The predicted molar refractivity (Wildman–Crippen MR) is 94.6 cm³/mol. The number of nitrogens with one attached hydrogen (secondary N) is 1. The van der Waals surface area contributed by atoms with Gasteiger partial charge in [0.25, 0.3) is 5.91 Å². The number of nitrogens with zero attached hydrogens (tertiary/aromatic N) is 1. The molecule has 27 heavy (non-hydrogen) atoms. The molecule has 0 unspecified atom stereocenters. The Labute approximate surface area is 153 Å². The van der Waals surface area contributed by atoms with E-state index in [0.717, 1.165) is 0 Å². The van der Waals surface area contributed by atoms with Crippen molar-refractivity contribution >= 4 is 22.6 Å². The van der Waals surface area contributed by atoms with Crippen molar-refractivity contribution in [2.24, 2.45) is 0 Å². The maximum absolute atomic E-state index is 13.0. The quantitative estimate of drug-likeness (QED) is 0.637. The lowest BCUT2D eigenvalue weighted by molar-refractivity contribution is -0.135. The molecular formula is C19H15FN2O5. The van der Waals surface area contributed by atoms with Crippen LogP contribution in [0.2, 0.25) is 0 Å². The molecule has 0 aliphatic heterocycles. The lowest BCUT2D eigenvalue weighted by Crippen LogP contribution is -2.30. The number of aromatic hydroxyl groups is 1. The molecule has 3 N–H and O–H groups in total. The van der Waals surface area contributed by atoms with Crippen LogP contribution in [0.3, 0.4) is 0 Å². The number of carboxylic acid groups (broad SMARTS) is 1. The average Bonchev–Trinajstić information content (AvgIpc) is 2.64. The van der Waals surface area contributed by atoms with Gasteiger partial charge in [-0.25, -0.2) is 9.37 Å². The average molecular weight is 370 g/mol. The Morgan fingerprint density at radius 1 is 1.11 bits per heavy atom. The van der Waals surface area contributed by atoms with Crippen LogP contribution in [0.4, 0.5) is 4.39 Å². The molecular weight excluding hydrogens is 355 g/mol. The summed E-state index contributed by atoms with van der Waals surface area (Å²) in [6, 6.07) is 10.3. The zero-order chi connectivity index (χ0) is 19.6. The van der Waals surface area contributed by atoms with Crippen LogP contribution >= 0.6 is 0 Å². The van der Waals surface area contributed by atoms with E-state index in [-0.39, 0.29) is 17.3 Å². The Morgan fingerprint density at radius 2 is 1.78 bits per heavy atom. The molecule has 3 rings (SSSR count). The third-order valence-corrected chi connectivity index (χ3v) is 3.80. The number of amides is 1. The first kappa shape index (κ1) is 18.1. The molecule has 1 amide bonds. The van der Waals surface area contributed by atoms with Crippen molar-refractivity contribution in [3.63, 3.8) is 0 Å². The molecule has 8 heteroatoms. The van der Waals surface area contributed by atoms with E-state index >= 15 is 0 Å². The summed E-state index contributed by atoms with van der Waals surface area (Å²) in [6.07, 6.45) is 0. The first-order valence-electron chi connectivity index (χ1n) is 7.92. The Morgan fingerprint density at radius 3 is 2.44 bits per heavy atom. The van der Waals surface area contributed by atoms with Gasteiger partial charge in [0.2, 0.25) is 0 Å². The highest BCUT2D eigenvalue weighted by atomic mass is 19.1. The number of aromatic nitrogens is 1. The summed E-state index contributed by atoms with van der Waals surface area (Å²) >= 11 is 0. The van der Waals surface area contributed by atoms with Gasteiger partial charge >= 0.3 is 5.97 Å². The fourth-order valence-electron chi connectivity index (χ4n) is 2.54. The van der Waals surface area contributed by atoms with Gasteiger partial charge in [0, 0.05) is 16.5 Å². The lowest BCUT2D eigenvalue weighted by Gasteiger charge is -2.12. The van der Waals surface area contributed by atoms with E-state index < -0.39 is 18.4 Å². The molecule has 0 aliphatic carbocycles. The van der Waals surface area contributed by atoms with E-state index in [0.29, 0.717) is 28.0 Å². The maximum atomic E-state index is 13.0. The number of hydrogen-bond acceptors (Lipinski definition) is 5. The molecule has 0 saturated heterocycles. The van der Waals surface area contributed by atoms with Gasteiger partial charge in [0.05, 0.1) is 0 Å². The van der Waals surface area contributed by atoms with Crippen LogP contribution in [0.25, 0.3) is 10.8 Å². The topological polar surface area (TPSA) is 109 Å². The molecule has 0 saturated carbocycles. The third kappa shape index (κ3) is 3.95. The van der Waals surface area contributed by atoms with Crippen LogP contribution in [0, 0.1) is 12.7 Å². The lowest BCUT2D eigenvalue weighted by atomic mass is 10.1. The number of aryl methyl sites for hydroxylation is 1. The number of halogens is 1. The molecule has 0 fully saturated rings. The Kier molecular flexibility index (Phi) is 4.89. The van der Waals surface area contributed by atoms with Crippen molar-refractivity contribution in [1.82, 2.24) is 10.3 Å². The highest BCUT2D eigenvalue weighted by molar-refractivity contribution is 6.03. The maximum Gasteiger partial charge on any atom is 0.322 e. The van der Waals surface area contributed by atoms with E-state index in [4.69, 9.17) is 9.84 Å². The first-order chi connectivity index (χ1) is 12.8. The summed E-state index contributed by atoms with van der Waals surface area (Å²) in [5.74, 6) is -1.84.